The lowest BCUT2D eigenvalue weighted by Gasteiger charge is -2.50. The van der Waals surface area contributed by atoms with Gasteiger partial charge in [0.1, 0.15) is 11.8 Å². The number of para-hydroxylation sites is 1. The zero-order valence-corrected chi connectivity index (χ0v) is 24.2. The molecule has 0 spiro atoms. The van der Waals surface area contributed by atoms with Gasteiger partial charge in [-0.15, -0.1) is 0 Å². The Morgan fingerprint density at radius 2 is 1.33 bits per heavy atom. The minimum absolute atomic E-state index is 0.0384. The first-order valence-electron chi connectivity index (χ1n) is 13.1. The van der Waals surface area contributed by atoms with Crippen molar-refractivity contribution in [3.63, 3.8) is 0 Å². The van der Waals surface area contributed by atoms with Crippen LogP contribution >= 0.6 is 0 Å². The van der Waals surface area contributed by atoms with Crippen molar-refractivity contribution in [3.8, 4) is 5.75 Å². The summed E-state index contributed by atoms with van der Waals surface area (Å²) in [5.41, 5.74) is 3.05. The van der Waals surface area contributed by atoms with E-state index in [4.69, 9.17) is 9.16 Å². The van der Waals surface area contributed by atoms with E-state index in [2.05, 4.69) is 33.9 Å². The lowest BCUT2D eigenvalue weighted by Crippen LogP contribution is -2.67. The number of hydrogen-bond donors (Lipinski definition) is 0. The summed E-state index contributed by atoms with van der Waals surface area (Å²) in [5.74, 6) is -0.509. The standard InChI is InChI=1S/C31H34N2O5Si/c1-31(2,3)39(5,6)38-19-21-11-7-10-14-25(21)32-26(20-15-17-22(37-4)18-16-20)27(30(32)36)33-28(34)23-12-8-9-13-24(23)29(33)35/h7-18,26-27H,19H2,1-6H3/t26-,27-/m0/s1. The number of carbonyl (C=O) groups excluding carboxylic acids is 3. The molecule has 3 aromatic rings. The molecule has 0 unspecified atom stereocenters. The molecule has 2 aliphatic rings. The quantitative estimate of drug-likeness (QED) is 0.209. The topological polar surface area (TPSA) is 76.2 Å². The lowest BCUT2D eigenvalue weighted by atomic mass is 9.85. The van der Waals surface area contributed by atoms with Gasteiger partial charge < -0.3 is 14.1 Å². The summed E-state index contributed by atoms with van der Waals surface area (Å²) in [6.07, 6.45) is 0. The van der Waals surface area contributed by atoms with Crippen molar-refractivity contribution in [2.75, 3.05) is 12.0 Å². The maximum Gasteiger partial charge on any atom is 0.262 e. The van der Waals surface area contributed by atoms with Crippen molar-refractivity contribution in [1.29, 1.82) is 0 Å². The number of hydrogen-bond acceptors (Lipinski definition) is 5. The second kappa shape index (κ2) is 9.77. The molecule has 0 saturated carbocycles. The largest absolute Gasteiger partial charge is 0.497 e. The highest BCUT2D eigenvalue weighted by atomic mass is 28.4. The maximum absolute atomic E-state index is 13.9. The smallest absolute Gasteiger partial charge is 0.262 e. The first-order chi connectivity index (χ1) is 18.5. The van der Waals surface area contributed by atoms with Gasteiger partial charge in [0.15, 0.2) is 8.32 Å². The van der Waals surface area contributed by atoms with Crippen LogP contribution in [0.3, 0.4) is 0 Å². The highest BCUT2D eigenvalue weighted by molar-refractivity contribution is 6.74. The Morgan fingerprint density at radius 3 is 1.90 bits per heavy atom. The van der Waals surface area contributed by atoms with Crippen molar-refractivity contribution >= 4 is 31.7 Å². The Morgan fingerprint density at radius 1 is 0.769 bits per heavy atom. The van der Waals surface area contributed by atoms with Crippen molar-refractivity contribution < 1.29 is 23.5 Å². The Balaban J connectivity index is 1.54. The molecule has 0 radical (unpaired) electrons. The molecule has 1 saturated heterocycles. The van der Waals surface area contributed by atoms with E-state index in [1.807, 2.05) is 48.5 Å². The van der Waals surface area contributed by atoms with Crippen LogP contribution < -0.4 is 9.64 Å². The molecule has 7 nitrogen and oxygen atoms in total. The number of rotatable bonds is 7. The van der Waals surface area contributed by atoms with Crippen LogP contribution in [0.4, 0.5) is 5.69 Å². The molecule has 0 bridgehead atoms. The molecular formula is C31H34N2O5Si. The molecule has 1 fully saturated rings. The number of methoxy groups -OCH3 is 1. The zero-order chi connectivity index (χ0) is 28.1. The number of imide groups is 1. The summed E-state index contributed by atoms with van der Waals surface area (Å²) in [6, 6.07) is 20.3. The SMILES string of the molecule is COc1ccc([C@H]2[C@H](N3C(=O)c4ccccc4C3=O)C(=O)N2c2ccccc2CO[Si](C)(C)C(C)(C)C)cc1. The van der Waals surface area contributed by atoms with Crippen molar-refractivity contribution in [1.82, 2.24) is 4.90 Å². The fourth-order valence-electron chi connectivity index (χ4n) is 4.93. The van der Waals surface area contributed by atoms with Gasteiger partial charge in [-0.05, 0) is 54.0 Å². The van der Waals surface area contributed by atoms with Gasteiger partial charge in [0, 0.05) is 11.3 Å². The molecule has 0 aliphatic carbocycles. The highest BCUT2D eigenvalue weighted by Gasteiger charge is 2.57. The number of β-lactam (4-membered cyclic amide) rings is 1. The predicted molar refractivity (Wildman–Crippen MR) is 152 cm³/mol. The van der Waals surface area contributed by atoms with E-state index < -0.39 is 32.2 Å². The molecular weight excluding hydrogens is 508 g/mol. The van der Waals surface area contributed by atoms with Gasteiger partial charge in [-0.25, -0.2) is 0 Å². The molecule has 2 aliphatic heterocycles. The third-order valence-electron chi connectivity index (χ3n) is 8.27. The summed E-state index contributed by atoms with van der Waals surface area (Å²) in [5, 5.41) is 0.0384. The molecule has 202 valence electrons. The van der Waals surface area contributed by atoms with Gasteiger partial charge in [-0.1, -0.05) is 63.2 Å². The van der Waals surface area contributed by atoms with Crippen LogP contribution in [0, 0.1) is 0 Å². The third-order valence-corrected chi connectivity index (χ3v) is 12.8. The zero-order valence-electron chi connectivity index (χ0n) is 23.2. The van der Waals surface area contributed by atoms with Crippen LogP contribution in [0.15, 0.2) is 72.8 Å². The molecule has 3 amide bonds. The predicted octanol–water partition coefficient (Wildman–Crippen LogP) is 5.97. The Bertz CT molecular complexity index is 1410. The molecule has 5 rings (SSSR count). The van der Waals surface area contributed by atoms with Crippen LogP contribution in [0.1, 0.15) is 58.7 Å². The van der Waals surface area contributed by atoms with Crippen LogP contribution in [0.5, 0.6) is 5.75 Å². The first kappa shape index (κ1) is 26.8. The number of amides is 3. The molecule has 2 atom stereocenters. The van der Waals surface area contributed by atoms with E-state index in [1.165, 1.54) is 0 Å². The van der Waals surface area contributed by atoms with Crippen molar-refractivity contribution in [3.05, 3.63) is 95.1 Å². The second-order valence-electron chi connectivity index (χ2n) is 11.6. The van der Waals surface area contributed by atoms with Crippen LogP contribution in [-0.4, -0.2) is 44.1 Å². The third kappa shape index (κ3) is 4.47. The monoisotopic (exact) mass is 542 g/mol. The van der Waals surface area contributed by atoms with Gasteiger partial charge in [0.05, 0.1) is 30.9 Å². The van der Waals surface area contributed by atoms with Gasteiger partial charge in [0.25, 0.3) is 17.7 Å². The fourth-order valence-corrected chi connectivity index (χ4v) is 5.88. The summed E-state index contributed by atoms with van der Waals surface area (Å²) in [4.78, 5) is 43.5. The molecule has 39 heavy (non-hydrogen) atoms. The Kier molecular flexibility index (Phi) is 6.72. The highest BCUT2D eigenvalue weighted by Crippen LogP contribution is 2.46. The molecule has 0 aromatic heterocycles. The average Bonchev–Trinajstić information content (AvgIpc) is 3.16. The Hall–Kier alpha value is -3.75. The summed E-state index contributed by atoms with van der Waals surface area (Å²) < 4.78 is 11.8. The lowest BCUT2D eigenvalue weighted by molar-refractivity contribution is -0.130. The maximum atomic E-state index is 13.9. The van der Waals surface area contributed by atoms with E-state index >= 15 is 0 Å². The summed E-state index contributed by atoms with van der Waals surface area (Å²) >= 11 is 0. The number of ether oxygens (including phenoxy) is 1. The van der Waals surface area contributed by atoms with Gasteiger partial charge in [0.2, 0.25) is 0 Å². The van der Waals surface area contributed by atoms with Crippen molar-refractivity contribution in [2.24, 2.45) is 0 Å². The molecule has 0 N–H and O–H groups in total. The van der Waals surface area contributed by atoms with E-state index in [1.54, 1.807) is 36.3 Å². The average molecular weight is 543 g/mol. The van der Waals surface area contributed by atoms with E-state index in [-0.39, 0.29) is 10.9 Å². The Labute approximate surface area is 230 Å². The first-order valence-corrected chi connectivity index (χ1v) is 16.0. The van der Waals surface area contributed by atoms with E-state index in [9.17, 15) is 14.4 Å². The summed E-state index contributed by atoms with van der Waals surface area (Å²) in [6.45, 7) is 11.3. The van der Waals surface area contributed by atoms with E-state index in [0.29, 0.717) is 23.5 Å². The second-order valence-corrected chi connectivity index (χ2v) is 16.4. The number of carbonyl (C=O) groups is 3. The normalized spacial score (nSPS) is 19.3. The molecule has 2 heterocycles. The number of anilines is 1. The van der Waals surface area contributed by atoms with Crippen molar-refractivity contribution in [2.45, 2.75) is 57.6 Å². The fraction of sp³-hybridized carbons (Fsp3) is 0.323. The minimum Gasteiger partial charge on any atom is -0.497 e. The number of nitrogens with zero attached hydrogens (tertiary/aromatic N) is 2. The van der Waals surface area contributed by atoms with Gasteiger partial charge in [-0.2, -0.15) is 0 Å². The number of fused-ring (bicyclic) bond motifs is 1. The minimum atomic E-state index is -2.05. The van der Waals surface area contributed by atoms with Crippen LogP contribution in [0.2, 0.25) is 18.1 Å². The van der Waals surface area contributed by atoms with Gasteiger partial charge >= 0.3 is 0 Å². The number of benzene rings is 3. The summed E-state index contributed by atoms with van der Waals surface area (Å²) in [7, 11) is -0.459. The van der Waals surface area contributed by atoms with E-state index in [0.717, 1.165) is 21.7 Å². The molecule has 8 heteroatoms. The van der Waals surface area contributed by atoms with Crippen LogP contribution in [-0.2, 0) is 15.8 Å². The van der Waals surface area contributed by atoms with Gasteiger partial charge in [-0.3, -0.25) is 19.3 Å². The van der Waals surface area contributed by atoms with Crippen LogP contribution in [0.25, 0.3) is 0 Å². The molecule has 3 aromatic carbocycles.